The average Bonchev–Trinajstić information content (AvgIpc) is 2.91. The highest BCUT2D eigenvalue weighted by Crippen LogP contribution is 2.53. The zero-order valence-corrected chi connectivity index (χ0v) is 12.3. The molecule has 0 spiro atoms. The molecule has 1 N–H and O–H groups in total. The van der Waals surface area contributed by atoms with Crippen molar-refractivity contribution in [1.29, 1.82) is 0 Å². The average molecular weight is 300 g/mol. The van der Waals surface area contributed by atoms with Gasteiger partial charge >= 0.3 is 0 Å². The van der Waals surface area contributed by atoms with Gasteiger partial charge in [0.05, 0.1) is 26.7 Å². The summed E-state index contributed by atoms with van der Waals surface area (Å²) in [6, 6.07) is 9.20. The molecule has 114 valence electrons. The van der Waals surface area contributed by atoms with Crippen molar-refractivity contribution in [2.45, 2.75) is 12.0 Å². The van der Waals surface area contributed by atoms with Crippen molar-refractivity contribution in [3.05, 3.63) is 41.5 Å². The van der Waals surface area contributed by atoms with E-state index in [-0.39, 0.29) is 17.8 Å². The molecule has 0 radical (unpaired) electrons. The van der Waals surface area contributed by atoms with Crippen LogP contribution in [0.15, 0.2) is 30.3 Å². The van der Waals surface area contributed by atoms with Gasteiger partial charge in [-0.05, 0) is 12.1 Å². The van der Waals surface area contributed by atoms with Crippen molar-refractivity contribution in [3.63, 3.8) is 0 Å². The van der Waals surface area contributed by atoms with Crippen LogP contribution in [0.5, 0.6) is 28.7 Å². The Hall–Kier alpha value is -2.56. The standard InChI is InChI=1S/C17H16O5/c1-19-9-3-4-10-12-8-21-14-7-13(18)16(20-2)6-11(14)17(12)22-15(10)5-9/h3-7,12,17-18H,8H2,1-2H3. The van der Waals surface area contributed by atoms with Crippen LogP contribution in [0.25, 0.3) is 0 Å². The Bertz CT molecular complexity index is 740. The molecule has 2 aliphatic rings. The van der Waals surface area contributed by atoms with Crippen molar-refractivity contribution in [3.8, 4) is 28.7 Å². The molecule has 5 nitrogen and oxygen atoms in total. The quantitative estimate of drug-likeness (QED) is 0.924. The summed E-state index contributed by atoms with van der Waals surface area (Å²) in [6.45, 7) is 0.517. The highest BCUT2D eigenvalue weighted by molar-refractivity contribution is 5.56. The van der Waals surface area contributed by atoms with Crippen LogP contribution in [0.4, 0.5) is 0 Å². The summed E-state index contributed by atoms with van der Waals surface area (Å²) >= 11 is 0. The number of aromatic hydroxyl groups is 1. The number of methoxy groups -OCH3 is 2. The van der Waals surface area contributed by atoms with Crippen molar-refractivity contribution in [1.82, 2.24) is 0 Å². The number of phenolic OH excluding ortho intramolecular Hbond substituents is 1. The number of fused-ring (bicyclic) bond motifs is 5. The van der Waals surface area contributed by atoms with E-state index in [9.17, 15) is 5.11 Å². The predicted octanol–water partition coefficient (Wildman–Crippen LogP) is 3.02. The number of hydrogen-bond donors (Lipinski definition) is 1. The number of rotatable bonds is 2. The van der Waals surface area contributed by atoms with Crippen molar-refractivity contribution < 1.29 is 24.1 Å². The molecule has 22 heavy (non-hydrogen) atoms. The fourth-order valence-corrected chi connectivity index (χ4v) is 3.14. The van der Waals surface area contributed by atoms with E-state index in [0.29, 0.717) is 18.1 Å². The van der Waals surface area contributed by atoms with Gasteiger partial charge in [-0.3, -0.25) is 0 Å². The van der Waals surface area contributed by atoms with Gasteiger partial charge in [-0.15, -0.1) is 0 Å². The smallest absolute Gasteiger partial charge is 0.161 e. The first-order valence-corrected chi connectivity index (χ1v) is 7.09. The van der Waals surface area contributed by atoms with Gasteiger partial charge in [0.15, 0.2) is 11.5 Å². The first kappa shape index (κ1) is 13.1. The zero-order chi connectivity index (χ0) is 15.3. The normalized spacial score (nSPS) is 21.0. The Kier molecular flexibility index (Phi) is 2.82. The molecule has 0 saturated carbocycles. The van der Waals surface area contributed by atoms with Gasteiger partial charge in [0.25, 0.3) is 0 Å². The second kappa shape index (κ2) is 4.73. The lowest BCUT2D eigenvalue weighted by atomic mass is 9.89. The van der Waals surface area contributed by atoms with E-state index in [1.54, 1.807) is 19.2 Å². The summed E-state index contributed by atoms with van der Waals surface area (Å²) in [5, 5.41) is 9.89. The van der Waals surface area contributed by atoms with Crippen molar-refractivity contribution in [2.75, 3.05) is 20.8 Å². The number of hydrogen-bond acceptors (Lipinski definition) is 5. The van der Waals surface area contributed by atoms with Gasteiger partial charge in [0.1, 0.15) is 23.4 Å². The minimum atomic E-state index is -0.139. The van der Waals surface area contributed by atoms with Crippen LogP contribution in [0.1, 0.15) is 23.1 Å². The summed E-state index contributed by atoms with van der Waals surface area (Å²) in [7, 11) is 3.16. The predicted molar refractivity (Wildman–Crippen MR) is 79.3 cm³/mol. The fourth-order valence-electron chi connectivity index (χ4n) is 3.14. The van der Waals surface area contributed by atoms with E-state index in [2.05, 4.69) is 0 Å². The van der Waals surface area contributed by atoms with Gasteiger partial charge in [-0.1, -0.05) is 6.07 Å². The first-order chi connectivity index (χ1) is 10.7. The first-order valence-electron chi connectivity index (χ1n) is 7.09. The lowest BCUT2D eigenvalue weighted by Gasteiger charge is -2.28. The third-order valence-electron chi connectivity index (χ3n) is 4.28. The van der Waals surface area contributed by atoms with Gasteiger partial charge in [-0.2, -0.15) is 0 Å². The molecule has 2 heterocycles. The second-order valence-corrected chi connectivity index (χ2v) is 5.42. The third kappa shape index (κ3) is 1.78. The monoisotopic (exact) mass is 300 g/mol. The summed E-state index contributed by atoms with van der Waals surface area (Å²) in [5.74, 6) is 2.83. The summed E-state index contributed by atoms with van der Waals surface area (Å²) in [4.78, 5) is 0. The second-order valence-electron chi connectivity index (χ2n) is 5.42. The van der Waals surface area contributed by atoms with Crippen molar-refractivity contribution >= 4 is 0 Å². The molecular weight excluding hydrogens is 284 g/mol. The Morgan fingerprint density at radius 3 is 2.68 bits per heavy atom. The molecule has 2 aliphatic heterocycles. The molecule has 2 unspecified atom stereocenters. The Balaban J connectivity index is 1.78. The highest BCUT2D eigenvalue weighted by Gasteiger charge is 2.41. The molecule has 0 aliphatic carbocycles. The maximum absolute atomic E-state index is 9.89. The molecule has 5 heteroatoms. The molecular formula is C17H16O5. The van der Waals surface area contributed by atoms with E-state index in [1.807, 2.05) is 18.2 Å². The van der Waals surface area contributed by atoms with Crippen LogP contribution in [0.2, 0.25) is 0 Å². The Morgan fingerprint density at radius 1 is 1.05 bits per heavy atom. The number of benzene rings is 2. The minimum absolute atomic E-state index is 0.0666. The van der Waals surface area contributed by atoms with Gasteiger partial charge in [0.2, 0.25) is 0 Å². The van der Waals surface area contributed by atoms with Crippen LogP contribution in [-0.2, 0) is 0 Å². The maximum Gasteiger partial charge on any atom is 0.161 e. The molecule has 2 atom stereocenters. The van der Waals surface area contributed by atoms with E-state index in [4.69, 9.17) is 18.9 Å². The largest absolute Gasteiger partial charge is 0.504 e. The number of ether oxygens (including phenoxy) is 4. The van der Waals surface area contributed by atoms with Crippen molar-refractivity contribution in [2.24, 2.45) is 0 Å². The lowest BCUT2D eigenvalue weighted by Crippen LogP contribution is -2.23. The topological polar surface area (TPSA) is 57.2 Å². The van der Waals surface area contributed by atoms with Gasteiger partial charge in [-0.25, -0.2) is 0 Å². The Labute approximate surface area is 128 Å². The zero-order valence-electron chi connectivity index (χ0n) is 12.3. The van der Waals surface area contributed by atoms with Crippen LogP contribution in [-0.4, -0.2) is 25.9 Å². The summed E-state index contributed by atoms with van der Waals surface area (Å²) < 4.78 is 22.4. The maximum atomic E-state index is 9.89. The molecule has 2 aromatic rings. The van der Waals surface area contributed by atoms with E-state index < -0.39 is 0 Å². The van der Waals surface area contributed by atoms with Gasteiger partial charge in [0, 0.05) is 23.3 Å². The highest BCUT2D eigenvalue weighted by atomic mass is 16.5. The van der Waals surface area contributed by atoms with Crippen LogP contribution >= 0.6 is 0 Å². The third-order valence-corrected chi connectivity index (χ3v) is 4.28. The molecule has 0 bridgehead atoms. The molecule has 0 saturated heterocycles. The van der Waals surface area contributed by atoms with E-state index in [1.165, 1.54) is 7.11 Å². The van der Waals surface area contributed by atoms with E-state index >= 15 is 0 Å². The van der Waals surface area contributed by atoms with Crippen LogP contribution in [0.3, 0.4) is 0 Å². The molecule has 0 aromatic heterocycles. The Morgan fingerprint density at radius 2 is 1.91 bits per heavy atom. The van der Waals surface area contributed by atoms with Crippen LogP contribution in [0, 0.1) is 0 Å². The molecule has 4 rings (SSSR count). The lowest BCUT2D eigenvalue weighted by molar-refractivity contribution is 0.138. The fraction of sp³-hybridized carbons (Fsp3) is 0.294. The summed E-state index contributed by atoms with van der Waals surface area (Å²) in [5.41, 5.74) is 2.00. The SMILES string of the molecule is COc1ccc2c(c1)OC1c3cc(OC)c(O)cc3OCC21. The molecule has 2 aromatic carbocycles. The van der Waals surface area contributed by atoms with Gasteiger partial charge < -0.3 is 24.1 Å². The van der Waals surface area contributed by atoms with Crippen LogP contribution < -0.4 is 18.9 Å². The minimum Gasteiger partial charge on any atom is -0.504 e. The number of phenols is 1. The van der Waals surface area contributed by atoms with E-state index in [0.717, 1.165) is 22.6 Å². The molecule has 0 fully saturated rings. The molecule has 0 amide bonds. The summed E-state index contributed by atoms with van der Waals surface area (Å²) in [6.07, 6.45) is -0.139.